The second kappa shape index (κ2) is 29.3. The molecule has 7 heteroatoms. The summed E-state index contributed by atoms with van der Waals surface area (Å²) in [5.41, 5.74) is 18.0. The first-order chi connectivity index (χ1) is 35.7. The average Bonchev–Trinajstić information content (AvgIpc) is 3.46. The topological polar surface area (TPSA) is 75.8 Å². The third kappa shape index (κ3) is 15.8. The van der Waals surface area contributed by atoms with Crippen molar-refractivity contribution in [1.29, 1.82) is 10.5 Å². The molecular weight excluding hydrogens is 955 g/mol. The van der Waals surface area contributed by atoms with Crippen molar-refractivity contribution >= 4 is 51.2 Å². The molecule has 0 saturated heterocycles. The van der Waals surface area contributed by atoms with E-state index in [4.69, 9.17) is 9.47 Å². The molecule has 9 rings (SSSR count). The summed E-state index contributed by atoms with van der Waals surface area (Å²) in [6, 6.07) is 77.3. The first-order valence-electron chi connectivity index (χ1n) is 24.7. The fourth-order valence-electron chi connectivity index (χ4n) is 8.29. The van der Waals surface area contributed by atoms with E-state index in [0.717, 1.165) is 68.2 Å². The Bertz CT molecular complexity index is 3180. The minimum atomic E-state index is -0.489. The summed E-state index contributed by atoms with van der Waals surface area (Å²) in [4.78, 5) is 6.55. The van der Waals surface area contributed by atoms with Gasteiger partial charge in [-0.2, -0.15) is 10.5 Å². The summed E-state index contributed by atoms with van der Waals surface area (Å²) < 4.78 is 11.0. The van der Waals surface area contributed by atoms with E-state index < -0.39 is 5.41 Å². The van der Waals surface area contributed by atoms with Gasteiger partial charge in [0.15, 0.2) is 0 Å². The quantitative estimate of drug-likeness (QED) is 0.121. The number of benzene rings is 9. The van der Waals surface area contributed by atoms with Crippen LogP contribution in [0.1, 0.15) is 88.1 Å². The van der Waals surface area contributed by atoms with Crippen LogP contribution in [0, 0.1) is 64.2 Å². The first-order valence-corrected chi connectivity index (χ1v) is 24.7. The second-order valence-corrected chi connectivity index (χ2v) is 19.0. The van der Waals surface area contributed by atoms with Gasteiger partial charge in [-0.3, -0.25) is 0 Å². The Balaban J connectivity index is 0.000000300. The van der Waals surface area contributed by atoms with E-state index >= 15 is 0 Å². The van der Waals surface area contributed by atoms with Gasteiger partial charge in [0.05, 0.1) is 42.6 Å². The van der Waals surface area contributed by atoms with Crippen molar-refractivity contribution in [2.75, 3.05) is 28.9 Å². The Morgan fingerprint density at radius 1 is 0.359 bits per heavy atom. The molecule has 9 aromatic carbocycles. The van der Waals surface area contributed by atoms with Crippen LogP contribution in [0.2, 0.25) is 0 Å². The Morgan fingerprint density at radius 3 is 0.974 bits per heavy atom. The summed E-state index contributed by atoms with van der Waals surface area (Å²) in [6.07, 6.45) is 0. The van der Waals surface area contributed by atoms with Gasteiger partial charge in [-0.1, -0.05) is 160 Å². The van der Waals surface area contributed by atoms with Crippen LogP contribution in [0.15, 0.2) is 212 Å². The van der Waals surface area contributed by atoms with Crippen LogP contribution >= 0.6 is 0 Å². The molecule has 0 amide bonds. The number of anilines is 9. The molecule has 0 fully saturated rings. The molecule has 7 nitrogen and oxygen atoms in total. The van der Waals surface area contributed by atoms with E-state index in [1.165, 1.54) is 33.4 Å². The van der Waals surface area contributed by atoms with Gasteiger partial charge in [0.25, 0.3) is 0 Å². The van der Waals surface area contributed by atoms with Crippen LogP contribution in [-0.2, 0) is 5.41 Å². The molecule has 0 heterocycles. The molecule has 0 spiro atoms. The molecule has 9 aromatic rings. The van der Waals surface area contributed by atoms with Crippen LogP contribution in [0.4, 0.5) is 51.2 Å². The number of hydrogen-bond acceptors (Lipinski definition) is 7. The van der Waals surface area contributed by atoms with Gasteiger partial charge in [0.1, 0.15) is 17.6 Å². The predicted molar refractivity (Wildman–Crippen MR) is 335 cm³/mol. The van der Waals surface area contributed by atoms with Gasteiger partial charge < -0.3 is 24.2 Å². The predicted octanol–water partition coefficient (Wildman–Crippen LogP) is 20.6. The van der Waals surface area contributed by atoms with Crippen LogP contribution < -0.4 is 24.2 Å². The van der Waals surface area contributed by atoms with E-state index in [-0.39, 0.29) is 29.7 Å². The van der Waals surface area contributed by atoms with Crippen molar-refractivity contribution in [3.05, 3.63) is 257 Å². The summed E-state index contributed by atoms with van der Waals surface area (Å²) in [5.74, 6) is 1.54. The van der Waals surface area contributed by atoms with Crippen molar-refractivity contribution in [3.8, 4) is 23.6 Å². The fourth-order valence-corrected chi connectivity index (χ4v) is 8.29. The minimum Gasteiger partial charge on any atom is -0.497 e. The number of hydrogen-bond donors (Lipinski definition) is 0. The molecule has 0 unspecified atom stereocenters. The zero-order valence-electron chi connectivity index (χ0n) is 44.3. The molecule has 0 aromatic heterocycles. The number of nitrogens with zero attached hydrogens (tertiary/aromatic N) is 5. The standard InChI is InChI=1S/C24H24N2.C22H23NO2.C21H18N2.4CH4/c1-18-5-11-21(12-6-18)26(22-13-7-19(2)8-14-22)23-15-9-20(10-16-23)24(3,4)17-25;1-16-5-9-18(10-6-16)23(19-11-7-17(2)8-12-19)21-14-13-20(24-3)15-22(21)25-4;1-16-7-11-19(12-8-16)23(20-13-9-17(2)10-14-20)21-6-4-3-5-18(21)15-22;;;;/h5-16H,1-4H3;5-15H,1-4H3;3-14H,1-2H3;4*1H4. The zero-order chi connectivity index (χ0) is 52.8. The van der Waals surface area contributed by atoms with Crippen LogP contribution in [0.3, 0.4) is 0 Å². The SMILES string of the molecule is C.C.C.C.COc1ccc(N(c2ccc(C)cc2)c2ccc(C)cc2)c(OC)c1.Cc1ccc(N(c2ccc(C)cc2)c2ccc(C(C)(C)C#N)cc2)cc1.Cc1ccc(N(c2ccc(C)cc2)c2ccccc2C#N)cc1. The van der Waals surface area contributed by atoms with Crippen LogP contribution in [0.5, 0.6) is 11.5 Å². The molecule has 0 aliphatic carbocycles. The lowest BCUT2D eigenvalue weighted by Crippen LogP contribution is -2.14. The number of para-hydroxylation sites is 1. The Hall–Kier alpha value is -9.04. The molecule has 0 aliphatic rings. The van der Waals surface area contributed by atoms with E-state index in [9.17, 15) is 10.5 Å². The van der Waals surface area contributed by atoms with Gasteiger partial charge in [0, 0.05) is 45.9 Å². The van der Waals surface area contributed by atoms with E-state index in [2.05, 4.69) is 226 Å². The lowest BCUT2D eigenvalue weighted by molar-refractivity contribution is 0.395. The third-order valence-electron chi connectivity index (χ3n) is 12.8. The zero-order valence-corrected chi connectivity index (χ0v) is 44.3. The molecule has 78 heavy (non-hydrogen) atoms. The summed E-state index contributed by atoms with van der Waals surface area (Å²) in [6.45, 7) is 16.4. The number of rotatable bonds is 12. The van der Waals surface area contributed by atoms with Crippen molar-refractivity contribution < 1.29 is 9.47 Å². The maximum absolute atomic E-state index is 9.47. The highest BCUT2D eigenvalue weighted by atomic mass is 16.5. The number of ether oxygens (including phenoxy) is 2. The summed E-state index contributed by atoms with van der Waals surface area (Å²) >= 11 is 0. The van der Waals surface area contributed by atoms with E-state index in [0.29, 0.717) is 5.56 Å². The van der Waals surface area contributed by atoms with Crippen molar-refractivity contribution in [2.45, 2.75) is 90.5 Å². The molecule has 0 radical (unpaired) electrons. The van der Waals surface area contributed by atoms with Gasteiger partial charge in [-0.15, -0.1) is 0 Å². The first kappa shape index (κ1) is 63.3. The largest absolute Gasteiger partial charge is 0.497 e. The molecule has 0 bridgehead atoms. The summed E-state index contributed by atoms with van der Waals surface area (Å²) in [5, 5.41) is 18.8. The molecule has 0 atom stereocenters. The highest BCUT2D eigenvalue weighted by molar-refractivity contribution is 5.82. The van der Waals surface area contributed by atoms with Gasteiger partial charge in [-0.05, 0) is 170 Å². The fraction of sp³-hybridized carbons (Fsp3) is 0.211. The smallest absolute Gasteiger partial charge is 0.146 e. The molecule has 0 saturated carbocycles. The molecule has 0 aliphatic heterocycles. The van der Waals surface area contributed by atoms with E-state index in [1.54, 1.807) is 14.2 Å². The van der Waals surface area contributed by atoms with Gasteiger partial charge in [-0.25, -0.2) is 0 Å². The number of aryl methyl sites for hydroxylation is 6. The molecular formula is C71H81N5O2. The maximum Gasteiger partial charge on any atom is 0.146 e. The highest BCUT2D eigenvalue weighted by Crippen LogP contribution is 2.42. The van der Waals surface area contributed by atoms with Crippen LogP contribution in [0.25, 0.3) is 0 Å². The Kier molecular flexibility index (Phi) is 23.8. The monoisotopic (exact) mass is 1040 g/mol. The normalized spacial score (nSPS) is 10.0. The highest BCUT2D eigenvalue weighted by Gasteiger charge is 2.21. The Labute approximate surface area is 468 Å². The van der Waals surface area contributed by atoms with Gasteiger partial charge in [0.2, 0.25) is 0 Å². The summed E-state index contributed by atoms with van der Waals surface area (Å²) in [7, 11) is 3.34. The Morgan fingerprint density at radius 2 is 0.667 bits per heavy atom. The molecule has 402 valence electrons. The van der Waals surface area contributed by atoms with Crippen LogP contribution in [-0.4, -0.2) is 14.2 Å². The molecule has 0 N–H and O–H groups in total. The lowest BCUT2D eigenvalue weighted by Gasteiger charge is -2.27. The lowest BCUT2D eigenvalue weighted by atomic mass is 9.86. The van der Waals surface area contributed by atoms with Crippen molar-refractivity contribution in [3.63, 3.8) is 0 Å². The average molecular weight is 1040 g/mol. The van der Waals surface area contributed by atoms with Gasteiger partial charge >= 0.3 is 0 Å². The maximum atomic E-state index is 9.47. The van der Waals surface area contributed by atoms with E-state index in [1.807, 2.05) is 68.4 Å². The second-order valence-electron chi connectivity index (χ2n) is 19.0. The number of methoxy groups -OCH3 is 2. The third-order valence-corrected chi connectivity index (χ3v) is 12.8. The van der Waals surface area contributed by atoms with Crippen molar-refractivity contribution in [1.82, 2.24) is 0 Å². The minimum absolute atomic E-state index is 0. The van der Waals surface area contributed by atoms with Crippen molar-refractivity contribution in [2.24, 2.45) is 0 Å². The number of nitriles is 2.